The first kappa shape index (κ1) is 24.8. The van der Waals surface area contributed by atoms with Gasteiger partial charge in [0.25, 0.3) is 0 Å². The van der Waals surface area contributed by atoms with E-state index >= 15 is 0 Å². The summed E-state index contributed by atoms with van der Waals surface area (Å²) in [6, 6.07) is 3.60. The molecule has 1 aliphatic rings. The Balaban J connectivity index is 1.77. The predicted octanol–water partition coefficient (Wildman–Crippen LogP) is 7.05. The summed E-state index contributed by atoms with van der Waals surface area (Å²) in [5.74, 6) is 0.424. The number of hydrogen-bond donors (Lipinski definition) is 2. The molecule has 2 N–H and O–H groups in total. The van der Waals surface area contributed by atoms with Crippen LogP contribution in [0.2, 0.25) is 0 Å². The molecule has 31 heavy (non-hydrogen) atoms. The summed E-state index contributed by atoms with van der Waals surface area (Å²) in [6.45, 7) is 10.1. The van der Waals surface area contributed by atoms with Crippen LogP contribution < -0.4 is 4.74 Å². The van der Waals surface area contributed by atoms with E-state index in [4.69, 9.17) is 9.84 Å². The fraction of sp³-hybridized carbons (Fsp3) is 0.519. The molecule has 1 heterocycles. The smallest absolute Gasteiger partial charge is 0.330 e. The number of carboxylic acids is 1. The minimum atomic E-state index is -0.839. The van der Waals surface area contributed by atoms with Crippen LogP contribution in [-0.4, -0.2) is 21.8 Å². The second-order valence-corrected chi connectivity index (χ2v) is 9.21. The number of allylic oxidation sites excluding steroid dienone is 5. The first-order chi connectivity index (χ1) is 14.6. The fourth-order valence-electron chi connectivity index (χ4n) is 4.01. The molecule has 0 unspecified atom stereocenters. The Hall–Kier alpha value is -2.49. The molecule has 0 saturated heterocycles. The maximum atomic E-state index is 10.8. The van der Waals surface area contributed by atoms with Crippen LogP contribution in [0.15, 0.2) is 47.1 Å². The van der Waals surface area contributed by atoms with Crippen LogP contribution >= 0.6 is 0 Å². The number of aromatic hydroxyl groups is 1. The molecule has 1 aromatic carbocycles. The minimum Gasteiger partial charge on any atom is -0.508 e. The zero-order valence-corrected chi connectivity index (χ0v) is 19.8. The molecule has 0 aromatic heterocycles. The number of aryl methyl sites for hydroxylation is 2. The minimum absolute atomic E-state index is 0.163. The third kappa shape index (κ3) is 7.93. The van der Waals surface area contributed by atoms with Crippen molar-refractivity contribution in [2.75, 3.05) is 0 Å². The molecular weight excluding hydrogens is 388 g/mol. The van der Waals surface area contributed by atoms with Crippen LogP contribution in [0.5, 0.6) is 11.5 Å². The highest BCUT2D eigenvalue weighted by molar-refractivity contribution is 5.85. The zero-order chi connectivity index (χ0) is 23.0. The number of carbonyl (C=O) groups is 1. The van der Waals surface area contributed by atoms with Crippen molar-refractivity contribution in [2.24, 2.45) is 0 Å². The molecule has 1 atom stereocenters. The average Bonchev–Trinajstić information content (AvgIpc) is 2.68. The van der Waals surface area contributed by atoms with Gasteiger partial charge < -0.3 is 14.9 Å². The Morgan fingerprint density at radius 1 is 1.06 bits per heavy atom. The maximum absolute atomic E-state index is 10.8. The molecule has 0 amide bonds. The third-order valence-electron chi connectivity index (χ3n) is 6.13. The van der Waals surface area contributed by atoms with E-state index in [1.807, 2.05) is 13.0 Å². The van der Waals surface area contributed by atoms with Crippen LogP contribution in [0.4, 0.5) is 0 Å². The number of phenols is 1. The van der Waals surface area contributed by atoms with E-state index in [-0.39, 0.29) is 5.60 Å². The molecule has 1 aromatic rings. The Morgan fingerprint density at radius 2 is 1.68 bits per heavy atom. The van der Waals surface area contributed by atoms with Gasteiger partial charge in [0.05, 0.1) is 0 Å². The lowest BCUT2D eigenvalue weighted by atomic mass is 9.87. The number of fused-ring (bicyclic) bond motifs is 1. The van der Waals surface area contributed by atoms with Gasteiger partial charge in [0, 0.05) is 5.57 Å². The summed E-state index contributed by atoms with van der Waals surface area (Å²) in [4.78, 5) is 10.8. The van der Waals surface area contributed by atoms with Crippen LogP contribution in [0.1, 0.15) is 83.8 Å². The van der Waals surface area contributed by atoms with Crippen LogP contribution in [0, 0.1) is 6.92 Å². The van der Waals surface area contributed by atoms with E-state index in [1.165, 1.54) is 11.1 Å². The number of rotatable bonds is 10. The Morgan fingerprint density at radius 3 is 2.32 bits per heavy atom. The fourth-order valence-corrected chi connectivity index (χ4v) is 4.01. The quantitative estimate of drug-likeness (QED) is 0.311. The summed E-state index contributed by atoms with van der Waals surface area (Å²) < 4.78 is 6.38. The lowest BCUT2D eigenvalue weighted by Crippen LogP contribution is -2.36. The van der Waals surface area contributed by atoms with Gasteiger partial charge in [0.15, 0.2) is 0 Å². The summed E-state index contributed by atoms with van der Waals surface area (Å²) in [7, 11) is 0. The van der Waals surface area contributed by atoms with Gasteiger partial charge in [-0.1, -0.05) is 29.4 Å². The lowest BCUT2D eigenvalue weighted by Gasteiger charge is -2.36. The summed E-state index contributed by atoms with van der Waals surface area (Å²) in [5.41, 5.74) is 5.07. The summed E-state index contributed by atoms with van der Waals surface area (Å²) in [5, 5.41) is 18.7. The molecule has 4 nitrogen and oxygen atoms in total. The van der Waals surface area contributed by atoms with Gasteiger partial charge in [-0.2, -0.15) is 0 Å². The van der Waals surface area contributed by atoms with Crippen LogP contribution in [0.3, 0.4) is 0 Å². The van der Waals surface area contributed by atoms with Crippen molar-refractivity contribution in [1.29, 1.82) is 0 Å². The number of ether oxygens (including phenoxy) is 1. The number of carboxylic acid groups (broad SMARTS) is 1. The molecule has 0 fully saturated rings. The first-order valence-corrected chi connectivity index (χ1v) is 11.3. The first-order valence-electron chi connectivity index (χ1n) is 11.3. The van der Waals surface area contributed by atoms with Gasteiger partial charge in [-0.25, -0.2) is 4.79 Å². The molecule has 0 spiro atoms. The van der Waals surface area contributed by atoms with E-state index in [9.17, 15) is 9.90 Å². The van der Waals surface area contributed by atoms with E-state index in [0.717, 1.165) is 68.2 Å². The second-order valence-electron chi connectivity index (χ2n) is 9.21. The van der Waals surface area contributed by atoms with Crippen molar-refractivity contribution in [2.45, 2.75) is 91.6 Å². The largest absolute Gasteiger partial charge is 0.508 e. The van der Waals surface area contributed by atoms with Gasteiger partial charge in [-0.3, -0.25) is 0 Å². The Bertz CT molecular complexity index is 875. The van der Waals surface area contributed by atoms with Crippen molar-refractivity contribution >= 4 is 5.97 Å². The van der Waals surface area contributed by atoms with Gasteiger partial charge in [-0.15, -0.1) is 0 Å². The second kappa shape index (κ2) is 11.2. The maximum Gasteiger partial charge on any atom is 0.330 e. The van der Waals surface area contributed by atoms with Crippen LogP contribution in [-0.2, 0) is 11.2 Å². The molecule has 170 valence electrons. The number of benzene rings is 1. The normalized spacial score (nSPS) is 19.7. The van der Waals surface area contributed by atoms with E-state index in [0.29, 0.717) is 11.3 Å². The van der Waals surface area contributed by atoms with Gasteiger partial charge in [0.2, 0.25) is 0 Å². The average molecular weight is 427 g/mol. The molecule has 0 aliphatic carbocycles. The zero-order valence-electron chi connectivity index (χ0n) is 19.8. The van der Waals surface area contributed by atoms with Crippen molar-refractivity contribution < 1.29 is 19.7 Å². The number of hydrogen-bond acceptors (Lipinski definition) is 3. The highest BCUT2D eigenvalue weighted by atomic mass is 16.5. The van der Waals surface area contributed by atoms with Gasteiger partial charge in [0.1, 0.15) is 17.1 Å². The molecule has 1 aliphatic heterocycles. The van der Waals surface area contributed by atoms with Crippen molar-refractivity contribution in [3.8, 4) is 11.5 Å². The Labute approximate surface area is 187 Å². The topological polar surface area (TPSA) is 66.8 Å². The van der Waals surface area contributed by atoms with Crippen molar-refractivity contribution in [3.05, 3.63) is 58.2 Å². The lowest BCUT2D eigenvalue weighted by molar-refractivity contribution is -0.132. The third-order valence-corrected chi connectivity index (χ3v) is 6.13. The molecule has 0 radical (unpaired) electrons. The number of phenolic OH excluding ortho intramolecular Hbond substituents is 1. The molecular formula is C27H38O4. The molecule has 4 heteroatoms. The monoisotopic (exact) mass is 426 g/mol. The van der Waals surface area contributed by atoms with E-state index in [2.05, 4.69) is 32.9 Å². The summed E-state index contributed by atoms with van der Waals surface area (Å²) >= 11 is 0. The highest BCUT2D eigenvalue weighted by Crippen LogP contribution is 2.39. The predicted molar refractivity (Wildman–Crippen MR) is 127 cm³/mol. The Kier molecular flexibility index (Phi) is 8.97. The van der Waals surface area contributed by atoms with E-state index in [1.54, 1.807) is 19.1 Å². The van der Waals surface area contributed by atoms with Crippen molar-refractivity contribution in [1.82, 2.24) is 0 Å². The van der Waals surface area contributed by atoms with Gasteiger partial charge >= 0.3 is 5.97 Å². The molecule has 0 bridgehead atoms. The highest BCUT2D eigenvalue weighted by Gasteiger charge is 2.31. The van der Waals surface area contributed by atoms with Gasteiger partial charge in [-0.05, 0) is 109 Å². The summed E-state index contributed by atoms with van der Waals surface area (Å²) in [6.07, 6.45) is 14.0. The van der Waals surface area contributed by atoms with Crippen molar-refractivity contribution in [3.63, 3.8) is 0 Å². The number of aliphatic carboxylic acids is 1. The van der Waals surface area contributed by atoms with E-state index < -0.39 is 5.97 Å². The molecule has 0 saturated carbocycles. The standard InChI is InChI=1S/C27H38O4/c1-19(11-7-13-21(3)26(29)30)9-6-10-20(2)12-8-15-27(5)16-14-23-18-24(28)17-22(4)25(23)31-27/h9,12-13,17-18,28H,6-8,10-11,14-16H2,1-5H3,(H,29,30)/t27-/m1/s1. The molecule has 2 rings (SSSR count). The van der Waals surface area contributed by atoms with Crippen LogP contribution in [0.25, 0.3) is 0 Å². The SMILES string of the molecule is CC(=CCCC(C)=CCC[C@]1(C)CCc2cc(O)cc(C)c2O1)CCC=C(C)C(=O)O.